The molecule has 23 heavy (non-hydrogen) atoms. The number of fused-ring (bicyclic) bond motifs is 2. The zero-order valence-corrected chi connectivity index (χ0v) is 13.1. The standard InChI is InChI=1S/C17H13ClO5/c1-2-21-14(19)9-22-13-8-7-11-16(20)10-5-3-4-6-12(10)23-17(11)15(13)18/h3-8H,2,9H2,1H3. The lowest BCUT2D eigenvalue weighted by atomic mass is 10.1. The largest absolute Gasteiger partial charge is 0.480 e. The zero-order chi connectivity index (χ0) is 16.4. The molecule has 1 aromatic heterocycles. The molecule has 0 saturated heterocycles. The van der Waals surface area contributed by atoms with Gasteiger partial charge in [0.25, 0.3) is 0 Å². The van der Waals surface area contributed by atoms with Crippen LogP contribution in [0, 0.1) is 0 Å². The summed E-state index contributed by atoms with van der Waals surface area (Å²) in [6.07, 6.45) is 0. The van der Waals surface area contributed by atoms with Gasteiger partial charge in [-0.25, -0.2) is 4.79 Å². The van der Waals surface area contributed by atoms with E-state index >= 15 is 0 Å². The van der Waals surface area contributed by atoms with Crippen LogP contribution >= 0.6 is 11.6 Å². The summed E-state index contributed by atoms with van der Waals surface area (Å²) in [4.78, 5) is 23.8. The molecule has 0 amide bonds. The normalized spacial score (nSPS) is 10.9. The molecule has 0 fully saturated rings. The first-order valence-electron chi connectivity index (χ1n) is 7.04. The van der Waals surface area contributed by atoms with Gasteiger partial charge in [-0.3, -0.25) is 4.79 Å². The number of carbonyl (C=O) groups excluding carboxylic acids is 1. The van der Waals surface area contributed by atoms with Crippen LogP contribution in [0.15, 0.2) is 45.6 Å². The minimum Gasteiger partial charge on any atom is -0.480 e. The van der Waals surface area contributed by atoms with Crippen molar-refractivity contribution < 1.29 is 18.7 Å². The third-order valence-electron chi connectivity index (χ3n) is 3.30. The third-order valence-corrected chi connectivity index (χ3v) is 3.66. The summed E-state index contributed by atoms with van der Waals surface area (Å²) in [6, 6.07) is 10.0. The number of hydrogen-bond acceptors (Lipinski definition) is 5. The molecule has 0 N–H and O–H groups in total. The summed E-state index contributed by atoms with van der Waals surface area (Å²) < 4.78 is 15.9. The summed E-state index contributed by atoms with van der Waals surface area (Å²) in [5.74, 6) is -0.241. The van der Waals surface area contributed by atoms with Crippen molar-refractivity contribution in [2.45, 2.75) is 6.92 Å². The van der Waals surface area contributed by atoms with Gasteiger partial charge in [-0.15, -0.1) is 0 Å². The topological polar surface area (TPSA) is 65.7 Å². The van der Waals surface area contributed by atoms with Gasteiger partial charge in [0.1, 0.15) is 16.4 Å². The van der Waals surface area contributed by atoms with Crippen LogP contribution in [0.4, 0.5) is 0 Å². The van der Waals surface area contributed by atoms with Gasteiger partial charge >= 0.3 is 5.97 Å². The molecule has 0 atom stereocenters. The monoisotopic (exact) mass is 332 g/mol. The van der Waals surface area contributed by atoms with Gasteiger partial charge in [0.2, 0.25) is 5.43 Å². The summed E-state index contributed by atoms with van der Waals surface area (Å²) in [5.41, 5.74) is 0.506. The predicted octanol–water partition coefficient (Wildman–Crippen LogP) is 3.54. The Bertz CT molecular complexity index is 945. The molecule has 0 saturated carbocycles. The lowest BCUT2D eigenvalue weighted by Crippen LogP contribution is -2.14. The Morgan fingerprint density at radius 3 is 2.74 bits per heavy atom. The van der Waals surface area contributed by atoms with Crippen LogP contribution < -0.4 is 10.2 Å². The first-order chi connectivity index (χ1) is 11.1. The quantitative estimate of drug-likeness (QED) is 0.540. The van der Waals surface area contributed by atoms with E-state index < -0.39 is 5.97 Å². The molecule has 6 heteroatoms. The van der Waals surface area contributed by atoms with Crippen molar-refractivity contribution in [3.8, 4) is 5.75 Å². The summed E-state index contributed by atoms with van der Waals surface area (Å²) >= 11 is 6.26. The van der Waals surface area contributed by atoms with Crippen LogP contribution in [-0.2, 0) is 9.53 Å². The number of para-hydroxylation sites is 1. The van der Waals surface area contributed by atoms with Gasteiger partial charge < -0.3 is 13.9 Å². The van der Waals surface area contributed by atoms with Crippen molar-refractivity contribution in [2.75, 3.05) is 13.2 Å². The maximum absolute atomic E-state index is 12.5. The van der Waals surface area contributed by atoms with Crippen molar-refractivity contribution in [3.05, 3.63) is 51.6 Å². The van der Waals surface area contributed by atoms with Gasteiger partial charge in [0, 0.05) is 0 Å². The van der Waals surface area contributed by atoms with Crippen LogP contribution in [0.1, 0.15) is 6.92 Å². The molecule has 2 aromatic carbocycles. The average molecular weight is 333 g/mol. The van der Waals surface area contributed by atoms with Crippen molar-refractivity contribution in [1.82, 2.24) is 0 Å². The second kappa shape index (κ2) is 6.30. The fourth-order valence-corrected chi connectivity index (χ4v) is 2.52. The summed E-state index contributed by atoms with van der Waals surface area (Å²) in [6.45, 7) is 1.71. The lowest BCUT2D eigenvalue weighted by Gasteiger charge is -2.09. The van der Waals surface area contributed by atoms with Crippen molar-refractivity contribution >= 4 is 39.5 Å². The van der Waals surface area contributed by atoms with Crippen LogP contribution in [0.25, 0.3) is 21.9 Å². The molecule has 1 heterocycles. The minimum absolute atomic E-state index is 0.148. The van der Waals surface area contributed by atoms with Crippen LogP contribution in [0.2, 0.25) is 5.02 Å². The van der Waals surface area contributed by atoms with E-state index in [2.05, 4.69) is 0 Å². The van der Waals surface area contributed by atoms with E-state index in [1.165, 1.54) is 6.07 Å². The van der Waals surface area contributed by atoms with Crippen LogP contribution in [-0.4, -0.2) is 19.2 Å². The minimum atomic E-state index is -0.497. The van der Waals surface area contributed by atoms with Crippen LogP contribution in [0.3, 0.4) is 0 Å². The SMILES string of the molecule is CCOC(=O)COc1ccc2c(=O)c3ccccc3oc2c1Cl. The number of rotatable bonds is 4. The molecule has 118 valence electrons. The highest BCUT2D eigenvalue weighted by atomic mass is 35.5. The molecule has 0 aliphatic carbocycles. The Morgan fingerprint density at radius 2 is 1.96 bits per heavy atom. The lowest BCUT2D eigenvalue weighted by molar-refractivity contribution is -0.145. The van der Waals surface area contributed by atoms with Gasteiger partial charge in [-0.1, -0.05) is 23.7 Å². The molecule has 0 aliphatic rings. The number of halogens is 1. The molecule has 0 spiro atoms. The van der Waals surface area contributed by atoms with Crippen molar-refractivity contribution in [1.29, 1.82) is 0 Å². The number of ether oxygens (including phenoxy) is 2. The van der Waals surface area contributed by atoms with E-state index in [1.807, 2.05) is 0 Å². The fraction of sp³-hybridized carbons (Fsp3) is 0.176. The first kappa shape index (κ1) is 15.4. The predicted molar refractivity (Wildman–Crippen MR) is 87.1 cm³/mol. The van der Waals surface area contributed by atoms with Gasteiger partial charge in [0.15, 0.2) is 12.2 Å². The van der Waals surface area contributed by atoms with E-state index in [9.17, 15) is 9.59 Å². The maximum atomic E-state index is 12.5. The molecular formula is C17H13ClO5. The Balaban J connectivity index is 2.06. The fourth-order valence-electron chi connectivity index (χ4n) is 2.27. The summed E-state index contributed by atoms with van der Waals surface area (Å²) in [5, 5.41) is 0.989. The van der Waals surface area contributed by atoms with Crippen LogP contribution in [0.5, 0.6) is 5.75 Å². The Kier molecular flexibility index (Phi) is 4.21. The highest BCUT2D eigenvalue weighted by molar-refractivity contribution is 6.36. The van der Waals surface area contributed by atoms with Gasteiger partial charge in [-0.05, 0) is 31.2 Å². The summed E-state index contributed by atoms with van der Waals surface area (Å²) in [7, 11) is 0. The highest BCUT2D eigenvalue weighted by Crippen LogP contribution is 2.33. The Morgan fingerprint density at radius 1 is 1.17 bits per heavy atom. The van der Waals surface area contributed by atoms with Gasteiger partial charge in [-0.2, -0.15) is 0 Å². The second-order valence-corrected chi connectivity index (χ2v) is 5.15. The molecule has 0 bridgehead atoms. The zero-order valence-electron chi connectivity index (χ0n) is 12.3. The molecule has 3 aromatic rings. The smallest absolute Gasteiger partial charge is 0.344 e. The Hall–Kier alpha value is -2.53. The molecular weight excluding hydrogens is 320 g/mol. The third kappa shape index (κ3) is 2.87. The van der Waals surface area contributed by atoms with E-state index in [0.29, 0.717) is 16.4 Å². The first-order valence-corrected chi connectivity index (χ1v) is 7.42. The number of benzene rings is 2. The highest BCUT2D eigenvalue weighted by Gasteiger charge is 2.15. The second-order valence-electron chi connectivity index (χ2n) is 4.78. The van der Waals surface area contributed by atoms with Crippen molar-refractivity contribution in [3.63, 3.8) is 0 Å². The van der Waals surface area contributed by atoms with E-state index in [-0.39, 0.29) is 35.0 Å². The maximum Gasteiger partial charge on any atom is 0.344 e. The molecule has 0 aliphatic heterocycles. The Labute approximate surface area is 136 Å². The number of hydrogen-bond donors (Lipinski definition) is 0. The number of esters is 1. The van der Waals surface area contributed by atoms with E-state index in [1.54, 1.807) is 37.3 Å². The molecule has 0 radical (unpaired) electrons. The van der Waals surface area contributed by atoms with Crippen molar-refractivity contribution in [2.24, 2.45) is 0 Å². The molecule has 5 nitrogen and oxygen atoms in total. The van der Waals surface area contributed by atoms with Gasteiger partial charge in [0.05, 0.1) is 17.4 Å². The number of carbonyl (C=O) groups is 1. The molecule has 0 unspecified atom stereocenters. The average Bonchev–Trinajstić information content (AvgIpc) is 2.55. The molecule has 3 rings (SSSR count). The van der Waals surface area contributed by atoms with E-state index in [0.717, 1.165) is 0 Å². The van der Waals surface area contributed by atoms with E-state index in [4.69, 9.17) is 25.5 Å².